The van der Waals surface area contributed by atoms with Crippen molar-refractivity contribution in [2.24, 2.45) is 0 Å². The zero-order valence-electron chi connectivity index (χ0n) is 8.29. The number of rotatable bonds is 4. The van der Waals surface area contributed by atoms with Gasteiger partial charge in [-0.3, -0.25) is 15.1 Å². The molecular weight excluding hydrogens is 226 g/mol. The summed E-state index contributed by atoms with van der Waals surface area (Å²) >= 11 is 1.32. The third-order valence-corrected chi connectivity index (χ3v) is 2.88. The van der Waals surface area contributed by atoms with E-state index in [0.29, 0.717) is 11.5 Å². The summed E-state index contributed by atoms with van der Waals surface area (Å²) in [5.74, 6) is 0. The molecule has 0 unspecified atom stereocenters. The van der Waals surface area contributed by atoms with Gasteiger partial charge in [0.05, 0.1) is 4.92 Å². The summed E-state index contributed by atoms with van der Waals surface area (Å²) in [6, 6.07) is 5.25. The Bertz CT molecular complexity index is 484. The van der Waals surface area contributed by atoms with Gasteiger partial charge in [-0.05, 0) is 17.0 Å². The molecule has 0 amide bonds. The highest BCUT2D eigenvalue weighted by atomic mass is 32.1. The largest absolute Gasteiger partial charge is 0.367 e. The fourth-order valence-corrected chi connectivity index (χ4v) is 2.02. The van der Waals surface area contributed by atoms with E-state index in [1.165, 1.54) is 17.4 Å². The van der Waals surface area contributed by atoms with E-state index >= 15 is 0 Å². The first kappa shape index (κ1) is 10.6. The van der Waals surface area contributed by atoms with Crippen molar-refractivity contribution < 1.29 is 4.92 Å². The van der Waals surface area contributed by atoms with Crippen LogP contribution < -0.4 is 5.32 Å². The van der Waals surface area contributed by atoms with E-state index in [9.17, 15) is 10.1 Å². The molecule has 0 aromatic carbocycles. The zero-order chi connectivity index (χ0) is 11.4. The predicted octanol–water partition coefficient (Wildman–Crippen LogP) is 2.66. The molecule has 2 heterocycles. The van der Waals surface area contributed by atoms with E-state index in [1.807, 2.05) is 12.1 Å². The minimum Gasteiger partial charge on any atom is -0.367 e. The number of nitrogens with one attached hydrogen (secondary N) is 1. The van der Waals surface area contributed by atoms with Gasteiger partial charge in [-0.2, -0.15) is 0 Å². The fraction of sp³-hybridized carbons (Fsp3) is 0.100. The van der Waals surface area contributed by atoms with Gasteiger partial charge >= 0.3 is 5.69 Å². The molecule has 0 saturated carbocycles. The SMILES string of the molecule is O=[N+]([O-])c1ccsc1NCc1cccnc1. The molecule has 0 atom stereocenters. The molecule has 1 N–H and O–H groups in total. The zero-order valence-corrected chi connectivity index (χ0v) is 9.11. The Morgan fingerprint density at radius 3 is 3.06 bits per heavy atom. The van der Waals surface area contributed by atoms with Gasteiger partial charge in [-0.15, -0.1) is 11.3 Å². The first-order chi connectivity index (χ1) is 7.77. The van der Waals surface area contributed by atoms with E-state index < -0.39 is 0 Å². The van der Waals surface area contributed by atoms with Gasteiger partial charge in [-0.25, -0.2) is 0 Å². The number of nitro groups is 1. The van der Waals surface area contributed by atoms with Crippen LogP contribution >= 0.6 is 11.3 Å². The molecule has 0 saturated heterocycles. The van der Waals surface area contributed by atoms with Crippen LogP contribution in [0.3, 0.4) is 0 Å². The van der Waals surface area contributed by atoms with E-state index in [1.54, 1.807) is 17.8 Å². The molecule has 2 aromatic heterocycles. The Hall–Kier alpha value is -1.95. The van der Waals surface area contributed by atoms with E-state index in [-0.39, 0.29) is 10.6 Å². The molecular formula is C10H9N3O2S. The second kappa shape index (κ2) is 4.71. The molecule has 2 rings (SSSR count). The van der Waals surface area contributed by atoms with Gasteiger partial charge in [0.2, 0.25) is 0 Å². The molecule has 82 valence electrons. The van der Waals surface area contributed by atoms with E-state index in [2.05, 4.69) is 10.3 Å². The maximum atomic E-state index is 10.7. The van der Waals surface area contributed by atoms with Gasteiger partial charge in [0.15, 0.2) is 5.00 Å². The summed E-state index contributed by atoms with van der Waals surface area (Å²) in [5.41, 5.74) is 1.11. The lowest BCUT2D eigenvalue weighted by Gasteiger charge is -2.02. The van der Waals surface area contributed by atoms with Gasteiger partial charge in [0.25, 0.3) is 0 Å². The van der Waals surface area contributed by atoms with Gasteiger partial charge in [0, 0.05) is 25.0 Å². The summed E-state index contributed by atoms with van der Waals surface area (Å²) < 4.78 is 0. The van der Waals surface area contributed by atoms with Gasteiger partial charge in [-0.1, -0.05) is 6.07 Å². The van der Waals surface area contributed by atoms with Crippen LogP contribution in [-0.4, -0.2) is 9.91 Å². The Morgan fingerprint density at radius 1 is 1.50 bits per heavy atom. The lowest BCUT2D eigenvalue weighted by atomic mass is 10.3. The molecule has 0 fully saturated rings. The van der Waals surface area contributed by atoms with Crippen molar-refractivity contribution in [2.75, 3.05) is 5.32 Å². The van der Waals surface area contributed by atoms with Crippen LogP contribution in [0.25, 0.3) is 0 Å². The molecule has 6 heteroatoms. The van der Waals surface area contributed by atoms with Crippen molar-refractivity contribution in [3.05, 3.63) is 51.7 Å². The molecule has 0 aliphatic heterocycles. The third kappa shape index (κ3) is 2.34. The number of thiophene rings is 1. The van der Waals surface area contributed by atoms with Gasteiger partial charge in [0.1, 0.15) is 0 Å². The van der Waals surface area contributed by atoms with Crippen LogP contribution in [0.15, 0.2) is 36.0 Å². The molecule has 0 spiro atoms. The Morgan fingerprint density at radius 2 is 2.38 bits per heavy atom. The first-order valence-corrected chi connectivity index (χ1v) is 5.50. The van der Waals surface area contributed by atoms with Crippen molar-refractivity contribution in [3.8, 4) is 0 Å². The lowest BCUT2D eigenvalue weighted by molar-refractivity contribution is -0.383. The van der Waals surface area contributed by atoms with E-state index in [0.717, 1.165) is 5.56 Å². The maximum Gasteiger partial charge on any atom is 0.303 e. The average Bonchev–Trinajstić information content (AvgIpc) is 2.76. The normalized spacial score (nSPS) is 10.0. The smallest absolute Gasteiger partial charge is 0.303 e. The molecule has 16 heavy (non-hydrogen) atoms. The van der Waals surface area contributed by atoms with Crippen molar-refractivity contribution >= 4 is 22.0 Å². The minimum absolute atomic E-state index is 0.119. The standard InChI is InChI=1S/C10H9N3O2S/c14-13(15)9-3-5-16-10(9)12-7-8-2-1-4-11-6-8/h1-6,12H,7H2. The molecule has 0 aliphatic carbocycles. The lowest BCUT2D eigenvalue weighted by Crippen LogP contribution is -2.00. The summed E-state index contributed by atoms with van der Waals surface area (Å²) in [7, 11) is 0. The number of aromatic nitrogens is 1. The second-order valence-corrected chi connectivity index (χ2v) is 4.02. The quantitative estimate of drug-likeness (QED) is 0.653. The van der Waals surface area contributed by atoms with Crippen molar-refractivity contribution in [2.45, 2.75) is 6.54 Å². The van der Waals surface area contributed by atoms with Gasteiger partial charge < -0.3 is 5.32 Å². The number of pyridine rings is 1. The van der Waals surface area contributed by atoms with Crippen molar-refractivity contribution in [1.29, 1.82) is 0 Å². The van der Waals surface area contributed by atoms with Crippen LogP contribution in [-0.2, 0) is 6.54 Å². The monoisotopic (exact) mass is 235 g/mol. The van der Waals surface area contributed by atoms with E-state index in [4.69, 9.17) is 0 Å². The number of nitrogens with zero attached hydrogens (tertiary/aromatic N) is 2. The molecule has 2 aromatic rings. The highest BCUT2D eigenvalue weighted by molar-refractivity contribution is 7.14. The topological polar surface area (TPSA) is 68.1 Å². The van der Waals surface area contributed by atoms with Crippen LogP contribution in [0.1, 0.15) is 5.56 Å². The maximum absolute atomic E-state index is 10.7. The molecule has 0 bridgehead atoms. The fourth-order valence-electron chi connectivity index (χ4n) is 1.26. The average molecular weight is 235 g/mol. The number of hydrogen-bond acceptors (Lipinski definition) is 5. The Balaban J connectivity index is 2.05. The molecule has 5 nitrogen and oxygen atoms in total. The summed E-state index contributed by atoms with van der Waals surface area (Å²) in [5, 5.41) is 16.0. The Labute approximate surface area is 95.9 Å². The van der Waals surface area contributed by atoms with Crippen LogP contribution in [0, 0.1) is 10.1 Å². The summed E-state index contributed by atoms with van der Waals surface area (Å²) in [6.07, 6.45) is 3.42. The van der Waals surface area contributed by atoms with Crippen molar-refractivity contribution in [3.63, 3.8) is 0 Å². The van der Waals surface area contributed by atoms with Crippen LogP contribution in [0.4, 0.5) is 10.7 Å². The first-order valence-electron chi connectivity index (χ1n) is 4.62. The molecule has 0 aliphatic rings. The number of anilines is 1. The molecule has 0 radical (unpaired) electrons. The van der Waals surface area contributed by atoms with Crippen molar-refractivity contribution in [1.82, 2.24) is 4.98 Å². The second-order valence-electron chi connectivity index (χ2n) is 3.11. The summed E-state index contributed by atoms with van der Waals surface area (Å²) in [4.78, 5) is 14.2. The Kier molecular flexibility index (Phi) is 3.11. The highest BCUT2D eigenvalue weighted by Gasteiger charge is 2.14. The van der Waals surface area contributed by atoms with Crippen LogP contribution in [0.2, 0.25) is 0 Å². The van der Waals surface area contributed by atoms with Crippen LogP contribution in [0.5, 0.6) is 0 Å². The predicted molar refractivity (Wildman–Crippen MR) is 62.5 cm³/mol. The third-order valence-electron chi connectivity index (χ3n) is 2.02. The minimum atomic E-state index is -0.387. The number of hydrogen-bond donors (Lipinski definition) is 1. The highest BCUT2D eigenvalue weighted by Crippen LogP contribution is 2.30. The summed E-state index contributed by atoms with van der Waals surface area (Å²) in [6.45, 7) is 0.537.